The van der Waals surface area contributed by atoms with E-state index >= 15 is 0 Å². The fraction of sp³-hybridized carbons (Fsp3) is 0.500. The number of nitrogens with two attached hydrogens (primary N) is 1. The number of rotatable bonds is 2. The summed E-state index contributed by atoms with van der Waals surface area (Å²) < 4.78 is 18.9. The van der Waals surface area contributed by atoms with E-state index in [1.807, 2.05) is 27.7 Å². The van der Waals surface area contributed by atoms with Crippen LogP contribution in [0.1, 0.15) is 27.7 Å². The van der Waals surface area contributed by atoms with Crippen LogP contribution >= 0.6 is 0 Å². The molecule has 0 fully saturated rings. The van der Waals surface area contributed by atoms with E-state index in [0.717, 1.165) is 0 Å². The molecular weight excluding hydrogens is 193 g/mol. The van der Waals surface area contributed by atoms with Gasteiger partial charge >= 0.3 is 0 Å². The SMILES string of the molecule is CC(Oc1ccc(N)cc1F)C(C)(C)C. The van der Waals surface area contributed by atoms with Crippen molar-refractivity contribution in [2.45, 2.75) is 33.8 Å². The van der Waals surface area contributed by atoms with E-state index in [1.165, 1.54) is 6.07 Å². The van der Waals surface area contributed by atoms with Gasteiger partial charge in [-0.1, -0.05) is 20.8 Å². The zero-order valence-electron chi connectivity index (χ0n) is 9.67. The molecule has 84 valence electrons. The second kappa shape index (κ2) is 4.09. The maximum Gasteiger partial charge on any atom is 0.167 e. The van der Waals surface area contributed by atoms with Gasteiger partial charge in [-0.15, -0.1) is 0 Å². The van der Waals surface area contributed by atoms with Gasteiger partial charge in [0.2, 0.25) is 0 Å². The summed E-state index contributed by atoms with van der Waals surface area (Å²) in [6.07, 6.45) is -0.0596. The zero-order chi connectivity index (χ0) is 11.6. The summed E-state index contributed by atoms with van der Waals surface area (Å²) in [6, 6.07) is 4.46. The molecule has 1 aromatic rings. The van der Waals surface area contributed by atoms with Gasteiger partial charge < -0.3 is 10.5 Å². The van der Waals surface area contributed by atoms with Gasteiger partial charge in [-0.3, -0.25) is 0 Å². The number of nitrogen functional groups attached to an aromatic ring is 1. The molecule has 0 heterocycles. The number of halogens is 1. The van der Waals surface area contributed by atoms with Gasteiger partial charge in [0.05, 0.1) is 0 Å². The van der Waals surface area contributed by atoms with E-state index in [9.17, 15) is 4.39 Å². The predicted octanol–water partition coefficient (Wildman–Crippen LogP) is 3.22. The van der Waals surface area contributed by atoms with Crippen molar-refractivity contribution in [3.05, 3.63) is 24.0 Å². The molecule has 0 saturated carbocycles. The summed E-state index contributed by atoms with van der Waals surface area (Å²) in [5.74, 6) is -0.155. The van der Waals surface area contributed by atoms with E-state index in [2.05, 4.69) is 0 Å². The Morgan fingerprint density at radius 3 is 2.40 bits per heavy atom. The van der Waals surface area contributed by atoms with Crippen LogP contribution in [0.3, 0.4) is 0 Å². The molecule has 2 nitrogen and oxygen atoms in total. The Morgan fingerprint density at radius 1 is 1.33 bits per heavy atom. The lowest BCUT2D eigenvalue weighted by Gasteiger charge is -2.28. The third kappa shape index (κ3) is 3.11. The van der Waals surface area contributed by atoms with Gasteiger partial charge in [-0.25, -0.2) is 4.39 Å². The van der Waals surface area contributed by atoms with Crippen molar-refractivity contribution in [2.75, 3.05) is 5.73 Å². The monoisotopic (exact) mass is 211 g/mol. The molecule has 1 unspecified atom stereocenters. The molecule has 0 amide bonds. The first-order valence-corrected chi connectivity index (χ1v) is 5.02. The molecule has 0 spiro atoms. The third-order valence-electron chi connectivity index (χ3n) is 2.48. The van der Waals surface area contributed by atoms with Gasteiger partial charge in [-0.05, 0) is 24.5 Å². The molecule has 1 aromatic carbocycles. The van der Waals surface area contributed by atoms with Crippen molar-refractivity contribution >= 4 is 5.69 Å². The molecule has 0 aliphatic heterocycles. The number of hydrogen-bond donors (Lipinski definition) is 1. The van der Waals surface area contributed by atoms with Gasteiger partial charge in [-0.2, -0.15) is 0 Å². The highest BCUT2D eigenvalue weighted by atomic mass is 19.1. The quantitative estimate of drug-likeness (QED) is 0.762. The molecule has 15 heavy (non-hydrogen) atoms. The summed E-state index contributed by atoms with van der Waals surface area (Å²) in [6.45, 7) is 8.07. The molecule has 0 aliphatic carbocycles. The molecule has 0 aromatic heterocycles. The van der Waals surface area contributed by atoms with E-state index in [0.29, 0.717) is 5.69 Å². The molecule has 1 atom stereocenters. The van der Waals surface area contributed by atoms with Crippen molar-refractivity contribution in [2.24, 2.45) is 5.41 Å². The summed E-state index contributed by atoms with van der Waals surface area (Å²) in [7, 11) is 0. The minimum absolute atomic E-state index is 0.0200. The Morgan fingerprint density at radius 2 is 1.93 bits per heavy atom. The minimum atomic E-state index is -0.411. The Balaban J connectivity index is 2.82. The van der Waals surface area contributed by atoms with Crippen LogP contribution in [0.4, 0.5) is 10.1 Å². The first-order chi connectivity index (χ1) is 6.80. The van der Waals surface area contributed by atoms with Gasteiger partial charge in [0.25, 0.3) is 0 Å². The van der Waals surface area contributed by atoms with Crippen molar-refractivity contribution in [1.82, 2.24) is 0 Å². The Labute approximate surface area is 90.2 Å². The maximum absolute atomic E-state index is 13.4. The molecule has 0 saturated heterocycles. The van der Waals surface area contributed by atoms with Gasteiger partial charge in [0.1, 0.15) is 6.10 Å². The topological polar surface area (TPSA) is 35.2 Å². The summed E-state index contributed by atoms with van der Waals surface area (Å²) in [5.41, 5.74) is 5.83. The number of anilines is 1. The largest absolute Gasteiger partial charge is 0.487 e. The maximum atomic E-state index is 13.4. The van der Waals surface area contributed by atoms with Crippen molar-refractivity contribution < 1.29 is 9.13 Å². The average molecular weight is 211 g/mol. The first-order valence-electron chi connectivity index (χ1n) is 5.02. The molecule has 0 radical (unpaired) electrons. The number of benzene rings is 1. The normalized spacial score (nSPS) is 13.7. The second-order valence-corrected chi connectivity index (χ2v) is 4.82. The van der Waals surface area contributed by atoms with E-state index in [-0.39, 0.29) is 17.3 Å². The van der Waals surface area contributed by atoms with Gasteiger partial charge in [0, 0.05) is 11.8 Å². The lowest BCUT2D eigenvalue weighted by Crippen LogP contribution is -2.29. The highest BCUT2D eigenvalue weighted by Crippen LogP contribution is 2.27. The molecule has 1 rings (SSSR count). The smallest absolute Gasteiger partial charge is 0.167 e. The predicted molar refractivity (Wildman–Crippen MR) is 60.4 cm³/mol. The van der Waals surface area contributed by atoms with Crippen LogP contribution in [0.2, 0.25) is 0 Å². The highest BCUT2D eigenvalue weighted by molar-refractivity contribution is 5.42. The molecule has 0 bridgehead atoms. The van der Waals surface area contributed by atoms with Gasteiger partial charge in [0.15, 0.2) is 11.6 Å². The summed E-state index contributed by atoms with van der Waals surface area (Å²) in [4.78, 5) is 0. The highest BCUT2D eigenvalue weighted by Gasteiger charge is 2.22. The minimum Gasteiger partial charge on any atom is -0.487 e. The summed E-state index contributed by atoms with van der Waals surface area (Å²) in [5, 5.41) is 0. The van der Waals surface area contributed by atoms with Crippen molar-refractivity contribution in [1.29, 1.82) is 0 Å². The van der Waals surface area contributed by atoms with Crippen LogP contribution in [0.25, 0.3) is 0 Å². The lowest BCUT2D eigenvalue weighted by atomic mass is 9.90. The fourth-order valence-electron chi connectivity index (χ4n) is 0.980. The van der Waals surface area contributed by atoms with Crippen molar-refractivity contribution in [3.63, 3.8) is 0 Å². The average Bonchev–Trinajstić information content (AvgIpc) is 2.08. The lowest BCUT2D eigenvalue weighted by molar-refractivity contribution is 0.0990. The van der Waals surface area contributed by atoms with Crippen LogP contribution in [0.15, 0.2) is 18.2 Å². The Hall–Kier alpha value is -1.25. The summed E-state index contributed by atoms with van der Waals surface area (Å²) >= 11 is 0. The first kappa shape index (κ1) is 11.8. The second-order valence-electron chi connectivity index (χ2n) is 4.82. The Kier molecular flexibility index (Phi) is 3.22. The van der Waals surface area contributed by atoms with Crippen LogP contribution in [0, 0.1) is 11.2 Å². The fourth-order valence-corrected chi connectivity index (χ4v) is 0.980. The van der Waals surface area contributed by atoms with Crippen LogP contribution in [0.5, 0.6) is 5.75 Å². The van der Waals surface area contributed by atoms with Crippen molar-refractivity contribution in [3.8, 4) is 5.75 Å². The van der Waals surface area contributed by atoms with Crippen LogP contribution in [-0.2, 0) is 0 Å². The third-order valence-corrected chi connectivity index (χ3v) is 2.48. The van der Waals surface area contributed by atoms with E-state index in [4.69, 9.17) is 10.5 Å². The molecule has 3 heteroatoms. The zero-order valence-corrected chi connectivity index (χ0v) is 9.67. The van der Waals surface area contributed by atoms with E-state index in [1.54, 1.807) is 12.1 Å². The Bertz CT molecular complexity index is 344. The standard InChI is InChI=1S/C12H18FNO/c1-8(12(2,3)4)15-11-6-5-9(14)7-10(11)13/h5-8H,14H2,1-4H3. The van der Waals surface area contributed by atoms with Crippen LogP contribution < -0.4 is 10.5 Å². The number of hydrogen-bond acceptors (Lipinski definition) is 2. The molecular formula is C12H18FNO. The molecule has 2 N–H and O–H groups in total. The van der Waals surface area contributed by atoms with Crippen LogP contribution in [-0.4, -0.2) is 6.10 Å². The van der Waals surface area contributed by atoms with E-state index < -0.39 is 5.82 Å². The number of ether oxygens (including phenoxy) is 1. The molecule has 0 aliphatic rings.